The van der Waals surface area contributed by atoms with Gasteiger partial charge in [0.1, 0.15) is 0 Å². The summed E-state index contributed by atoms with van der Waals surface area (Å²) >= 11 is 5.17. The Balaban J connectivity index is 2.39. The van der Waals surface area contributed by atoms with E-state index in [2.05, 4.69) is 10.6 Å². The number of hydrogen-bond acceptors (Lipinski definition) is 4. The maximum absolute atomic E-state index is 11.6. The van der Waals surface area contributed by atoms with Crippen LogP contribution >= 0.6 is 12.2 Å². The highest BCUT2D eigenvalue weighted by molar-refractivity contribution is 7.80. The van der Waals surface area contributed by atoms with Crippen molar-refractivity contribution in [1.29, 1.82) is 0 Å². The van der Waals surface area contributed by atoms with Crippen molar-refractivity contribution in [2.24, 2.45) is 0 Å². The van der Waals surface area contributed by atoms with E-state index >= 15 is 0 Å². The van der Waals surface area contributed by atoms with Crippen molar-refractivity contribution in [3.8, 4) is 0 Å². The van der Waals surface area contributed by atoms with E-state index in [0.717, 1.165) is 25.1 Å². The van der Waals surface area contributed by atoms with Crippen LogP contribution in [-0.4, -0.2) is 38.0 Å². The van der Waals surface area contributed by atoms with E-state index in [1.54, 1.807) is 31.4 Å². The van der Waals surface area contributed by atoms with Crippen LogP contribution in [-0.2, 0) is 9.47 Å². The summed E-state index contributed by atoms with van der Waals surface area (Å²) in [5.41, 5.74) is 1.36. The zero-order valence-corrected chi connectivity index (χ0v) is 13.3. The van der Waals surface area contributed by atoms with E-state index in [9.17, 15) is 4.79 Å². The molecule has 0 aliphatic carbocycles. The minimum absolute atomic E-state index is 0.302. The molecule has 1 aromatic rings. The average molecular weight is 310 g/mol. The van der Waals surface area contributed by atoms with Crippen molar-refractivity contribution >= 4 is 29.0 Å². The molecule has 0 unspecified atom stereocenters. The number of anilines is 1. The third kappa shape index (κ3) is 7.06. The minimum Gasteiger partial charge on any atom is -0.462 e. The average Bonchev–Trinajstić information content (AvgIpc) is 2.50. The van der Waals surface area contributed by atoms with Crippen molar-refractivity contribution in [2.45, 2.75) is 19.8 Å². The molecule has 0 amide bonds. The van der Waals surface area contributed by atoms with E-state index in [1.807, 2.05) is 6.92 Å². The normalized spacial score (nSPS) is 10.0. The van der Waals surface area contributed by atoms with Crippen molar-refractivity contribution in [3.63, 3.8) is 0 Å². The number of esters is 1. The third-order valence-electron chi connectivity index (χ3n) is 2.63. The molecule has 2 N–H and O–H groups in total. The predicted molar refractivity (Wildman–Crippen MR) is 87.7 cm³/mol. The monoisotopic (exact) mass is 310 g/mol. The number of rotatable bonds is 8. The molecular weight excluding hydrogens is 288 g/mol. The van der Waals surface area contributed by atoms with Gasteiger partial charge >= 0.3 is 5.97 Å². The van der Waals surface area contributed by atoms with Gasteiger partial charge in [-0.1, -0.05) is 6.92 Å². The maximum atomic E-state index is 11.6. The van der Waals surface area contributed by atoms with E-state index in [0.29, 0.717) is 23.9 Å². The first-order chi connectivity index (χ1) is 10.2. The molecule has 21 heavy (non-hydrogen) atoms. The van der Waals surface area contributed by atoms with Crippen LogP contribution in [0.2, 0.25) is 0 Å². The molecule has 0 heterocycles. The molecule has 0 saturated carbocycles. The molecule has 1 aromatic carbocycles. The molecule has 0 saturated heterocycles. The number of nitrogens with one attached hydrogen (secondary N) is 2. The van der Waals surface area contributed by atoms with Crippen molar-refractivity contribution in [2.75, 3.05) is 32.2 Å². The van der Waals surface area contributed by atoms with Crippen LogP contribution in [0.3, 0.4) is 0 Å². The van der Waals surface area contributed by atoms with Gasteiger partial charge < -0.3 is 20.1 Å². The fourth-order valence-corrected chi connectivity index (χ4v) is 1.78. The van der Waals surface area contributed by atoms with Crippen molar-refractivity contribution in [1.82, 2.24) is 5.32 Å². The van der Waals surface area contributed by atoms with Crippen LogP contribution in [0.1, 0.15) is 30.1 Å². The second-order valence-corrected chi connectivity index (χ2v) is 4.85. The largest absolute Gasteiger partial charge is 0.462 e. The number of methoxy groups -OCH3 is 1. The van der Waals surface area contributed by atoms with Crippen LogP contribution in [0.25, 0.3) is 0 Å². The molecule has 0 aliphatic heterocycles. The second kappa shape index (κ2) is 10.1. The van der Waals surface area contributed by atoms with Gasteiger partial charge in [0.2, 0.25) is 0 Å². The number of benzene rings is 1. The fourth-order valence-electron chi connectivity index (χ4n) is 1.56. The summed E-state index contributed by atoms with van der Waals surface area (Å²) in [6, 6.07) is 7.03. The molecule has 5 nitrogen and oxygen atoms in total. The molecule has 116 valence electrons. The molecule has 0 aromatic heterocycles. The van der Waals surface area contributed by atoms with Gasteiger partial charge in [0.15, 0.2) is 5.11 Å². The number of carbonyl (C=O) groups excluding carboxylic acids is 1. The molecule has 0 spiro atoms. The van der Waals surface area contributed by atoms with Gasteiger partial charge in [-0.25, -0.2) is 4.79 Å². The van der Waals surface area contributed by atoms with Gasteiger partial charge in [0, 0.05) is 25.9 Å². The zero-order valence-electron chi connectivity index (χ0n) is 12.5. The Labute approximate surface area is 131 Å². The first kappa shape index (κ1) is 17.4. The topological polar surface area (TPSA) is 59.6 Å². The van der Waals surface area contributed by atoms with E-state index in [-0.39, 0.29) is 5.97 Å². The summed E-state index contributed by atoms with van der Waals surface area (Å²) in [6.07, 6.45) is 1.70. The van der Waals surface area contributed by atoms with Gasteiger partial charge in [-0.15, -0.1) is 0 Å². The van der Waals surface area contributed by atoms with Crippen LogP contribution in [0.5, 0.6) is 0 Å². The molecule has 0 aliphatic rings. The lowest BCUT2D eigenvalue weighted by atomic mass is 10.2. The molecule has 0 fully saturated rings. The minimum atomic E-state index is -0.302. The molecule has 0 atom stereocenters. The fraction of sp³-hybridized carbons (Fsp3) is 0.467. The molecule has 0 bridgehead atoms. The number of ether oxygens (including phenoxy) is 2. The Morgan fingerprint density at radius 2 is 1.95 bits per heavy atom. The number of thiocarbonyl (C=S) groups is 1. The predicted octanol–water partition coefficient (Wildman–Crippen LogP) is 2.58. The number of carbonyl (C=O) groups is 1. The van der Waals surface area contributed by atoms with Gasteiger partial charge in [0.05, 0.1) is 12.2 Å². The standard InChI is InChI=1S/C15H22N2O3S/c1-3-10-20-14(18)12-5-7-13(8-6-12)17-15(21)16-9-4-11-19-2/h5-8H,3-4,9-11H2,1-2H3,(H2,16,17,21). The molecule has 6 heteroatoms. The van der Waals surface area contributed by atoms with Crippen LogP contribution in [0.4, 0.5) is 5.69 Å². The summed E-state index contributed by atoms with van der Waals surface area (Å²) in [4.78, 5) is 11.6. The highest BCUT2D eigenvalue weighted by Crippen LogP contribution is 2.10. The Bertz CT molecular complexity index is 449. The van der Waals surface area contributed by atoms with Gasteiger partial charge in [0.25, 0.3) is 0 Å². The highest BCUT2D eigenvalue weighted by Gasteiger charge is 2.06. The van der Waals surface area contributed by atoms with Crippen LogP contribution in [0.15, 0.2) is 24.3 Å². The summed E-state index contributed by atoms with van der Waals surface area (Å²) in [7, 11) is 1.67. The third-order valence-corrected chi connectivity index (χ3v) is 2.87. The molecule has 0 radical (unpaired) electrons. The summed E-state index contributed by atoms with van der Waals surface area (Å²) < 4.78 is 10.0. The Hall–Kier alpha value is -1.66. The van der Waals surface area contributed by atoms with E-state index < -0.39 is 0 Å². The van der Waals surface area contributed by atoms with Crippen molar-refractivity contribution in [3.05, 3.63) is 29.8 Å². The van der Waals surface area contributed by atoms with Gasteiger partial charge in [-0.2, -0.15) is 0 Å². The van der Waals surface area contributed by atoms with Crippen LogP contribution < -0.4 is 10.6 Å². The lowest BCUT2D eigenvalue weighted by molar-refractivity contribution is 0.0505. The summed E-state index contributed by atoms with van der Waals surface area (Å²) in [6.45, 7) is 3.85. The molecule has 1 rings (SSSR count). The zero-order chi connectivity index (χ0) is 15.5. The lowest BCUT2D eigenvalue weighted by Crippen LogP contribution is -2.29. The smallest absolute Gasteiger partial charge is 0.338 e. The number of hydrogen-bond donors (Lipinski definition) is 2. The Kier molecular flexibility index (Phi) is 8.38. The lowest BCUT2D eigenvalue weighted by Gasteiger charge is -2.10. The SMILES string of the molecule is CCCOC(=O)c1ccc(NC(=S)NCCCOC)cc1. The first-order valence-corrected chi connectivity index (χ1v) is 7.39. The van der Waals surface area contributed by atoms with Crippen molar-refractivity contribution < 1.29 is 14.3 Å². The highest BCUT2D eigenvalue weighted by atomic mass is 32.1. The maximum Gasteiger partial charge on any atom is 0.338 e. The van der Waals surface area contributed by atoms with Gasteiger partial charge in [-0.05, 0) is 49.3 Å². The van der Waals surface area contributed by atoms with Gasteiger partial charge in [-0.3, -0.25) is 0 Å². The van der Waals surface area contributed by atoms with E-state index in [4.69, 9.17) is 21.7 Å². The quantitative estimate of drug-likeness (QED) is 0.437. The van der Waals surface area contributed by atoms with E-state index in [1.165, 1.54) is 0 Å². The summed E-state index contributed by atoms with van der Waals surface area (Å²) in [5, 5.41) is 6.68. The Morgan fingerprint density at radius 3 is 2.57 bits per heavy atom. The second-order valence-electron chi connectivity index (χ2n) is 4.44. The van der Waals surface area contributed by atoms with Crippen LogP contribution in [0, 0.1) is 0 Å². The first-order valence-electron chi connectivity index (χ1n) is 6.98. The molecular formula is C15H22N2O3S. The summed E-state index contributed by atoms with van der Waals surface area (Å²) in [5.74, 6) is -0.302. The Morgan fingerprint density at radius 1 is 1.24 bits per heavy atom.